The molecule has 1 aromatic carbocycles. The van der Waals surface area contributed by atoms with E-state index in [-0.39, 0.29) is 11.9 Å². The molecule has 1 aliphatic carbocycles. The normalized spacial score (nSPS) is 24.0. The summed E-state index contributed by atoms with van der Waals surface area (Å²) in [6.45, 7) is 3.70. The standard InChI is InChI=1S/C22H20F4N6O2/c1-11-6-13-10-21(9-11,19-31-30-12(2)34-19)32(13)20(33)29-17-7-14(18-27-4-3-5-28-18)15(8-16(17)23)22(24,25)26/h3-5,7-8,11,13H,6,9-10H2,1-2H3,(H,29,33)/t11-,13+,21-/m1/s1. The molecule has 2 aromatic heterocycles. The Morgan fingerprint density at radius 3 is 2.59 bits per heavy atom. The summed E-state index contributed by atoms with van der Waals surface area (Å²) in [4.78, 5) is 22.5. The van der Waals surface area contributed by atoms with Gasteiger partial charge in [-0.3, -0.25) is 0 Å². The van der Waals surface area contributed by atoms with Gasteiger partial charge in [-0.1, -0.05) is 6.92 Å². The van der Waals surface area contributed by atoms with Crippen LogP contribution in [-0.2, 0) is 11.7 Å². The molecule has 0 radical (unpaired) electrons. The van der Waals surface area contributed by atoms with Gasteiger partial charge in [0.05, 0.1) is 11.3 Å². The molecular formula is C22H20F4N6O2. The summed E-state index contributed by atoms with van der Waals surface area (Å²) < 4.78 is 61.2. The maximum absolute atomic E-state index is 14.8. The van der Waals surface area contributed by atoms with Crippen LogP contribution in [0.25, 0.3) is 11.4 Å². The monoisotopic (exact) mass is 476 g/mol. The third-order valence-electron chi connectivity index (χ3n) is 6.36. The van der Waals surface area contributed by atoms with Crippen molar-refractivity contribution in [2.24, 2.45) is 5.92 Å². The van der Waals surface area contributed by atoms with Gasteiger partial charge in [0.25, 0.3) is 0 Å². The third kappa shape index (κ3) is 3.57. The largest absolute Gasteiger partial charge is 0.423 e. The van der Waals surface area contributed by atoms with Crippen molar-refractivity contribution in [3.63, 3.8) is 0 Å². The average molecular weight is 476 g/mol. The summed E-state index contributed by atoms with van der Waals surface area (Å²) in [5.41, 5.74) is -2.91. The number of hydrogen-bond donors (Lipinski definition) is 1. The van der Waals surface area contributed by atoms with Crippen LogP contribution in [0.5, 0.6) is 0 Å². The predicted molar refractivity (Wildman–Crippen MR) is 111 cm³/mol. The quantitative estimate of drug-likeness (QED) is 0.539. The van der Waals surface area contributed by atoms with Crippen LogP contribution >= 0.6 is 0 Å². The minimum Gasteiger partial charge on any atom is -0.423 e. The van der Waals surface area contributed by atoms with Gasteiger partial charge < -0.3 is 14.6 Å². The number of benzene rings is 1. The molecular weight excluding hydrogens is 456 g/mol. The summed E-state index contributed by atoms with van der Waals surface area (Å²) in [5.74, 6) is -0.513. The zero-order valence-electron chi connectivity index (χ0n) is 18.2. The Kier molecular flexibility index (Phi) is 5.06. The zero-order chi connectivity index (χ0) is 24.3. The van der Waals surface area contributed by atoms with Crippen LogP contribution in [-0.4, -0.2) is 37.1 Å². The Bertz CT molecular complexity index is 1250. The Labute approximate surface area is 191 Å². The molecule has 34 heavy (non-hydrogen) atoms. The number of likely N-dealkylation sites (tertiary alicyclic amines) is 1. The van der Waals surface area contributed by atoms with Crippen molar-refractivity contribution in [3.05, 3.63) is 53.8 Å². The summed E-state index contributed by atoms with van der Waals surface area (Å²) in [7, 11) is 0. The highest BCUT2D eigenvalue weighted by atomic mass is 19.4. The number of alkyl halides is 3. The molecule has 12 heteroatoms. The number of rotatable bonds is 3. The van der Waals surface area contributed by atoms with Crippen molar-refractivity contribution in [2.45, 2.75) is 50.9 Å². The Balaban J connectivity index is 1.50. The number of hydrogen-bond acceptors (Lipinski definition) is 6. The van der Waals surface area contributed by atoms with Gasteiger partial charge in [0.15, 0.2) is 5.82 Å². The highest BCUT2D eigenvalue weighted by Crippen LogP contribution is 2.55. The van der Waals surface area contributed by atoms with Gasteiger partial charge >= 0.3 is 12.2 Å². The van der Waals surface area contributed by atoms with E-state index in [1.54, 1.807) is 6.92 Å². The van der Waals surface area contributed by atoms with Gasteiger partial charge in [-0.15, -0.1) is 10.2 Å². The number of nitrogens with zero attached hydrogens (tertiary/aromatic N) is 5. The molecule has 178 valence electrons. The molecule has 0 spiro atoms. The molecule has 1 aliphatic heterocycles. The van der Waals surface area contributed by atoms with E-state index >= 15 is 0 Å². The van der Waals surface area contributed by atoms with Gasteiger partial charge in [-0.25, -0.2) is 19.2 Å². The van der Waals surface area contributed by atoms with Crippen LogP contribution in [0.3, 0.4) is 0 Å². The van der Waals surface area contributed by atoms with Gasteiger partial charge in [0, 0.05) is 37.3 Å². The van der Waals surface area contributed by atoms with E-state index in [1.807, 2.05) is 0 Å². The molecule has 2 aliphatic rings. The van der Waals surface area contributed by atoms with E-state index in [9.17, 15) is 22.4 Å². The van der Waals surface area contributed by atoms with Crippen LogP contribution in [0.2, 0.25) is 0 Å². The van der Waals surface area contributed by atoms with E-state index in [1.165, 1.54) is 23.4 Å². The minimum atomic E-state index is -4.84. The Morgan fingerprint density at radius 2 is 1.94 bits per heavy atom. The summed E-state index contributed by atoms with van der Waals surface area (Å²) >= 11 is 0. The van der Waals surface area contributed by atoms with Crippen LogP contribution in [0.15, 0.2) is 35.0 Å². The molecule has 1 saturated carbocycles. The van der Waals surface area contributed by atoms with Gasteiger partial charge in [0.2, 0.25) is 11.8 Å². The first-order valence-corrected chi connectivity index (χ1v) is 10.7. The third-order valence-corrected chi connectivity index (χ3v) is 6.36. The van der Waals surface area contributed by atoms with E-state index in [2.05, 4.69) is 32.4 Å². The second-order valence-corrected chi connectivity index (χ2v) is 8.81. The molecule has 1 N–H and O–H groups in total. The Morgan fingerprint density at radius 1 is 1.21 bits per heavy atom. The van der Waals surface area contributed by atoms with Crippen molar-refractivity contribution < 1.29 is 26.8 Å². The number of carbonyl (C=O) groups excluding carboxylic acids is 1. The van der Waals surface area contributed by atoms with Crippen LogP contribution in [0.4, 0.5) is 28.0 Å². The van der Waals surface area contributed by atoms with Crippen molar-refractivity contribution in [2.75, 3.05) is 5.32 Å². The fourth-order valence-corrected chi connectivity index (χ4v) is 5.14. The van der Waals surface area contributed by atoms with Gasteiger partial charge in [0.1, 0.15) is 11.4 Å². The van der Waals surface area contributed by atoms with Crippen molar-refractivity contribution in [1.29, 1.82) is 0 Å². The zero-order valence-corrected chi connectivity index (χ0v) is 18.2. The fraction of sp³-hybridized carbons (Fsp3) is 0.409. The van der Waals surface area contributed by atoms with Crippen LogP contribution < -0.4 is 5.32 Å². The van der Waals surface area contributed by atoms with Crippen molar-refractivity contribution >= 4 is 11.7 Å². The number of amides is 2. The lowest BCUT2D eigenvalue weighted by Gasteiger charge is -2.61. The van der Waals surface area contributed by atoms with E-state index in [4.69, 9.17) is 4.42 Å². The highest BCUT2D eigenvalue weighted by molar-refractivity contribution is 5.92. The lowest BCUT2D eigenvalue weighted by Crippen LogP contribution is -2.70. The number of carbonyl (C=O) groups is 1. The number of aryl methyl sites for hydroxylation is 1. The fourth-order valence-electron chi connectivity index (χ4n) is 5.14. The van der Waals surface area contributed by atoms with E-state index in [0.29, 0.717) is 36.6 Å². The summed E-state index contributed by atoms with van der Waals surface area (Å²) in [5, 5.41) is 10.4. The van der Waals surface area contributed by atoms with Crippen LogP contribution in [0.1, 0.15) is 43.5 Å². The number of nitrogens with one attached hydrogen (secondary N) is 1. The first-order valence-electron chi connectivity index (χ1n) is 10.7. The minimum absolute atomic E-state index is 0.134. The maximum Gasteiger partial charge on any atom is 0.417 e. The molecule has 3 atom stereocenters. The summed E-state index contributed by atoms with van der Waals surface area (Å²) in [6.07, 6.45) is -0.350. The van der Waals surface area contributed by atoms with E-state index in [0.717, 1.165) is 12.5 Å². The number of urea groups is 1. The molecule has 2 bridgehead atoms. The SMILES string of the molecule is Cc1nnc([C@@]23C[C@H](C)C[C@@H](C2)N3C(=O)Nc2cc(-c3ncccn3)c(C(F)(F)F)cc2F)o1. The van der Waals surface area contributed by atoms with Crippen LogP contribution in [0, 0.1) is 18.7 Å². The second kappa shape index (κ2) is 7.74. The molecule has 3 heterocycles. The molecule has 3 aromatic rings. The lowest BCUT2D eigenvalue weighted by molar-refractivity contribution is -0.137. The molecule has 8 nitrogen and oxygen atoms in total. The number of aromatic nitrogens is 4. The Hall–Kier alpha value is -3.57. The summed E-state index contributed by atoms with van der Waals surface area (Å²) in [6, 6.07) is 1.92. The molecule has 0 unspecified atom stereocenters. The second-order valence-electron chi connectivity index (χ2n) is 8.81. The number of fused-ring (bicyclic) bond motifs is 2. The number of anilines is 1. The van der Waals surface area contributed by atoms with Crippen molar-refractivity contribution in [1.82, 2.24) is 25.1 Å². The topological polar surface area (TPSA) is 97.0 Å². The predicted octanol–water partition coefficient (Wildman–Crippen LogP) is 4.92. The number of piperidine rings is 1. The van der Waals surface area contributed by atoms with Gasteiger partial charge in [-0.05, 0) is 37.0 Å². The lowest BCUT2D eigenvalue weighted by atomic mass is 9.64. The smallest absolute Gasteiger partial charge is 0.417 e. The first kappa shape index (κ1) is 22.2. The molecule has 2 fully saturated rings. The molecule has 1 saturated heterocycles. The van der Waals surface area contributed by atoms with E-state index < -0.39 is 40.4 Å². The number of halogens is 4. The maximum atomic E-state index is 14.8. The molecule has 5 rings (SSSR count). The van der Waals surface area contributed by atoms with Crippen molar-refractivity contribution in [3.8, 4) is 11.4 Å². The molecule has 2 amide bonds. The highest BCUT2D eigenvalue weighted by Gasteiger charge is 2.62. The van der Waals surface area contributed by atoms with Gasteiger partial charge in [-0.2, -0.15) is 13.2 Å². The first-order chi connectivity index (χ1) is 16.1. The average Bonchev–Trinajstić information content (AvgIpc) is 3.21.